The van der Waals surface area contributed by atoms with E-state index in [9.17, 15) is 8.42 Å². The summed E-state index contributed by atoms with van der Waals surface area (Å²) < 4.78 is 27.4. The van der Waals surface area contributed by atoms with Gasteiger partial charge in [-0.3, -0.25) is 4.18 Å². The van der Waals surface area contributed by atoms with Gasteiger partial charge in [-0.15, -0.1) is 0 Å². The van der Waals surface area contributed by atoms with Gasteiger partial charge in [0.25, 0.3) is 10.1 Å². The number of nitrogens with zero attached hydrogens (tertiary/aromatic N) is 1. The molecule has 5 atom stereocenters. The Morgan fingerprint density at radius 3 is 2.86 bits per heavy atom. The van der Waals surface area contributed by atoms with E-state index < -0.39 is 14.9 Å². The summed E-state index contributed by atoms with van der Waals surface area (Å²) in [7, 11) is -3.64. The van der Waals surface area contributed by atoms with Crippen molar-refractivity contribution in [3.63, 3.8) is 0 Å². The van der Waals surface area contributed by atoms with Crippen LogP contribution in [0.1, 0.15) is 19.8 Å². The van der Waals surface area contributed by atoms with Gasteiger partial charge in [0.1, 0.15) is 0 Å². The Bertz CT molecular complexity index is 437. The Labute approximate surface area is 83.0 Å². The predicted octanol–water partition coefficient (Wildman–Crippen LogP) is 0.653. The van der Waals surface area contributed by atoms with Gasteiger partial charge in [-0.2, -0.15) is 13.7 Å². The molecule has 3 aliphatic rings. The Kier molecular flexibility index (Phi) is 1.33. The topological polar surface area (TPSA) is 67.2 Å². The molecule has 14 heavy (non-hydrogen) atoms. The van der Waals surface area contributed by atoms with Gasteiger partial charge in [0.2, 0.25) is 0 Å². The average Bonchev–Trinajstić information content (AvgIpc) is 2.67. The maximum atomic E-state index is 11.7. The van der Waals surface area contributed by atoms with Crippen molar-refractivity contribution >= 4 is 10.1 Å². The van der Waals surface area contributed by atoms with Gasteiger partial charge in [0.05, 0.1) is 12.2 Å². The molecule has 0 aromatic rings. The van der Waals surface area contributed by atoms with Gasteiger partial charge in [-0.1, -0.05) is 6.92 Å². The highest BCUT2D eigenvalue weighted by molar-refractivity contribution is 7.88. The lowest BCUT2D eigenvalue weighted by molar-refractivity contribution is 0.134. The minimum Gasteiger partial charge on any atom is -0.265 e. The highest BCUT2D eigenvalue weighted by atomic mass is 32.2. The molecule has 0 aromatic carbocycles. The summed E-state index contributed by atoms with van der Waals surface area (Å²) in [5.41, 5.74) is 0. The third-order valence-corrected chi connectivity index (χ3v) is 6.18. The van der Waals surface area contributed by atoms with Crippen LogP contribution in [0.2, 0.25) is 0 Å². The molecule has 0 N–H and O–H groups in total. The zero-order valence-corrected chi connectivity index (χ0v) is 8.62. The molecule has 5 unspecified atom stereocenters. The van der Waals surface area contributed by atoms with E-state index in [1.807, 2.05) is 13.0 Å². The van der Waals surface area contributed by atoms with E-state index in [1.165, 1.54) is 0 Å². The molecule has 3 fully saturated rings. The number of hydrogen-bond acceptors (Lipinski definition) is 4. The van der Waals surface area contributed by atoms with Crippen LogP contribution in [-0.2, 0) is 14.3 Å². The summed E-state index contributed by atoms with van der Waals surface area (Å²) in [6, 6.07) is 2.00. The first-order chi connectivity index (χ1) is 6.52. The van der Waals surface area contributed by atoms with Crippen molar-refractivity contribution in [3.8, 4) is 6.07 Å². The molecular weight excluding hydrogens is 202 g/mol. The smallest absolute Gasteiger partial charge is 0.265 e. The van der Waals surface area contributed by atoms with Crippen LogP contribution < -0.4 is 0 Å². The lowest BCUT2D eigenvalue weighted by Crippen LogP contribution is -2.39. The summed E-state index contributed by atoms with van der Waals surface area (Å²) in [5, 5.41) is 9.08. The van der Waals surface area contributed by atoms with Crippen molar-refractivity contribution < 1.29 is 12.6 Å². The van der Waals surface area contributed by atoms with Crippen molar-refractivity contribution in [2.24, 2.45) is 17.8 Å². The number of nitriles is 1. The highest BCUT2D eigenvalue weighted by Crippen LogP contribution is 2.62. The van der Waals surface area contributed by atoms with Crippen LogP contribution in [-0.4, -0.2) is 19.3 Å². The normalized spacial score (nSPS) is 57.4. The Morgan fingerprint density at radius 1 is 1.57 bits per heavy atom. The second-order valence-electron chi connectivity index (χ2n) is 4.68. The molecule has 4 nitrogen and oxygen atoms in total. The molecule has 2 bridgehead atoms. The van der Waals surface area contributed by atoms with E-state index in [0.717, 1.165) is 6.42 Å². The summed E-state index contributed by atoms with van der Waals surface area (Å²) in [4.78, 5) is 0. The first-order valence-corrected chi connectivity index (χ1v) is 6.27. The van der Waals surface area contributed by atoms with Crippen molar-refractivity contribution in [3.05, 3.63) is 0 Å². The van der Waals surface area contributed by atoms with Gasteiger partial charge in [0.15, 0.2) is 4.75 Å². The number of hydrogen-bond donors (Lipinski definition) is 0. The quantitative estimate of drug-likeness (QED) is 0.554. The monoisotopic (exact) mass is 213 g/mol. The zero-order chi connectivity index (χ0) is 10.1. The predicted molar refractivity (Wildman–Crippen MR) is 47.5 cm³/mol. The molecule has 0 aromatic heterocycles. The SMILES string of the molecule is CC1C2CC3C1OS(=O)(=O)C3(C#N)C2. The molecule has 0 amide bonds. The molecule has 0 spiro atoms. The lowest BCUT2D eigenvalue weighted by atomic mass is 9.81. The number of rotatable bonds is 0. The minimum atomic E-state index is -3.64. The molecule has 76 valence electrons. The van der Waals surface area contributed by atoms with Crippen LogP contribution in [0.4, 0.5) is 0 Å². The summed E-state index contributed by atoms with van der Waals surface area (Å²) in [6.07, 6.45) is 1.10. The molecule has 1 saturated heterocycles. The molecule has 3 rings (SSSR count). The maximum absolute atomic E-state index is 11.7. The fourth-order valence-corrected chi connectivity index (χ4v) is 5.34. The molecule has 2 aliphatic carbocycles. The molecule has 0 radical (unpaired) electrons. The van der Waals surface area contributed by atoms with Crippen molar-refractivity contribution in [1.82, 2.24) is 0 Å². The Balaban J connectivity index is 2.22. The maximum Gasteiger partial charge on any atom is 0.287 e. The fourth-order valence-electron chi connectivity index (χ4n) is 3.43. The zero-order valence-electron chi connectivity index (χ0n) is 7.80. The minimum absolute atomic E-state index is 0.0718. The van der Waals surface area contributed by atoms with Crippen LogP contribution in [0.25, 0.3) is 0 Å². The first kappa shape index (κ1) is 8.69. The van der Waals surface area contributed by atoms with Gasteiger partial charge in [0, 0.05) is 5.92 Å². The van der Waals surface area contributed by atoms with Crippen LogP contribution in [0.3, 0.4) is 0 Å². The van der Waals surface area contributed by atoms with Crippen molar-refractivity contribution in [1.29, 1.82) is 5.26 Å². The second-order valence-corrected chi connectivity index (χ2v) is 6.51. The molecule has 1 heterocycles. The molecule has 2 saturated carbocycles. The van der Waals surface area contributed by atoms with Gasteiger partial charge in [-0.05, 0) is 24.7 Å². The third kappa shape index (κ3) is 0.655. The molecular formula is C9H11NO3S. The van der Waals surface area contributed by atoms with Crippen molar-refractivity contribution in [2.75, 3.05) is 0 Å². The van der Waals surface area contributed by atoms with E-state index in [4.69, 9.17) is 9.44 Å². The summed E-state index contributed by atoms with van der Waals surface area (Å²) in [5.74, 6) is 0.582. The van der Waals surface area contributed by atoms with Crippen LogP contribution in [0.5, 0.6) is 0 Å². The van der Waals surface area contributed by atoms with E-state index in [1.54, 1.807) is 0 Å². The van der Waals surface area contributed by atoms with Crippen LogP contribution in [0, 0.1) is 29.1 Å². The van der Waals surface area contributed by atoms with Gasteiger partial charge in [-0.25, -0.2) is 0 Å². The summed E-state index contributed by atoms with van der Waals surface area (Å²) in [6.45, 7) is 2.03. The molecule has 1 aliphatic heterocycles. The number of fused-ring (bicyclic) bond motifs is 1. The van der Waals surface area contributed by atoms with Crippen molar-refractivity contribution in [2.45, 2.75) is 30.6 Å². The first-order valence-electron chi connectivity index (χ1n) is 4.86. The average molecular weight is 213 g/mol. The highest BCUT2D eigenvalue weighted by Gasteiger charge is 2.72. The van der Waals surface area contributed by atoms with E-state index in [-0.39, 0.29) is 12.0 Å². The van der Waals surface area contributed by atoms with Crippen LogP contribution >= 0.6 is 0 Å². The second kappa shape index (κ2) is 2.15. The van der Waals surface area contributed by atoms with Gasteiger partial charge < -0.3 is 0 Å². The Morgan fingerprint density at radius 2 is 2.29 bits per heavy atom. The van der Waals surface area contributed by atoms with E-state index in [2.05, 4.69) is 0 Å². The van der Waals surface area contributed by atoms with E-state index in [0.29, 0.717) is 18.3 Å². The van der Waals surface area contributed by atoms with Gasteiger partial charge >= 0.3 is 0 Å². The molecule has 5 heteroatoms. The standard InChI is InChI=1S/C9H11NO3S/c1-5-6-2-7-8(5)13-14(11,12)9(7,3-6)4-10/h5-8H,2-3H2,1H3. The fraction of sp³-hybridized carbons (Fsp3) is 0.889. The summed E-state index contributed by atoms with van der Waals surface area (Å²) >= 11 is 0. The van der Waals surface area contributed by atoms with E-state index >= 15 is 0 Å². The third-order valence-electron chi connectivity index (χ3n) is 4.25. The Hall–Kier alpha value is -0.600. The lowest BCUT2D eigenvalue weighted by Gasteiger charge is -2.24. The largest absolute Gasteiger partial charge is 0.287 e. The van der Waals surface area contributed by atoms with Crippen LogP contribution in [0.15, 0.2) is 0 Å².